The molecule has 1 aromatic carbocycles. The molecule has 0 aliphatic carbocycles. The van der Waals surface area contributed by atoms with Gasteiger partial charge in [0.25, 0.3) is 0 Å². The SMILES string of the molecule is Fc1ccc2nc(C3CCN(C[C@H]4CCOC4)CC3)[nH]c2c1. The summed E-state index contributed by atoms with van der Waals surface area (Å²) in [7, 11) is 0. The summed E-state index contributed by atoms with van der Waals surface area (Å²) in [5.41, 5.74) is 1.67. The minimum absolute atomic E-state index is 0.212. The summed E-state index contributed by atoms with van der Waals surface area (Å²) < 4.78 is 18.7. The summed E-state index contributed by atoms with van der Waals surface area (Å²) >= 11 is 0. The zero-order valence-corrected chi connectivity index (χ0v) is 12.7. The Morgan fingerprint density at radius 3 is 2.91 bits per heavy atom. The number of ether oxygens (including phenoxy) is 1. The number of H-pyrrole nitrogens is 1. The van der Waals surface area contributed by atoms with E-state index in [1.807, 2.05) is 0 Å². The molecule has 1 aromatic heterocycles. The first kappa shape index (κ1) is 14.2. The molecular formula is C17H22FN3O. The second-order valence-corrected chi connectivity index (χ2v) is 6.59. The second-order valence-electron chi connectivity index (χ2n) is 6.59. The molecule has 118 valence electrons. The standard InChI is InChI=1S/C17H22FN3O/c18-14-1-2-15-16(9-14)20-17(19-15)13-3-6-21(7-4-13)10-12-5-8-22-11-12/h1-2,9,12-13H,3-8,10-11H2,(H,19,20)/t12-/m1/s1. The average molecular weight is 303 g/mol. The number of likely N-dealkylation sites (tertiary alicyclic amines) is 1. The monoisotopic (exact) mass is 303 g/mol. The van der Waals surface area contributed by atoms with Crippen LogP contribution in [0.5, 0.6) is 0 Å². The van der Waals surface area contributed by atoms with Crippen molar-refractivity contribution >= 4 is 11.0 Å². The highest BCUT2D eigenvalue weighted by Gasteiger charge is 2.26. The molecule has 1 atom stereocenters. The van der Waals surface area contributed by atoms with Crippen molar-refractivity contribution in [3.05, 3.63) is 29.8 Å². The molecule has 3 heterocycles. The summed E-state index contributed by atoms with van der Waals surface area (Å²) in [6.07, 6.45) is 3.45. The number of aromatic nitrogens is 2. The zero-order chi connectivity index (χ0) is 14.9. The Morgan fingerprint density at radius 1 is 1.27 bits per heavy atom. The molecule has 5 heteroatoms. The van der Waals surface area contributed by atoms with Gasteiger partial charge in [0.15, 0.2) is 0 Å². The average Bonchev–Trinajstić information content (AvgIpc) is 3.17. The largest absolute Gasteiger partial charge is 0.381 e. The van der Waals surface area contributed by atoms with Gasteiger partial charge < -0.3 is 14.6 Å². The van der Waals surface area contributed by atoms with Gasteiger partial charge in [0.1, 0.15) is 11.6 Å². The first-order valence-corrected chi connectivity index (χ1v) is 8.23. The van der Waals surface area contributed by atoms with Crippen LogP contribution in [-0.4, -0.2) is 47.7 Å². The van der Waals surface area contributed by atoms with E-state index in [-0.39, 0.29) is 5.82 Å². The van der Waals surface area contributed by atoms with Gasteiger partial charge in [0, 0.05) is 19.1 Å². The number of nitrogens with zero attached hydrogens (tertiary/aromatic N) is 2. The maximum atomic E-state index is 13.3. The lowest BCUT2D eigenvalue weighted by atomic mass is 9.95. The molecule has 4 rings (SSSR count). The first-order chi connectivity index (χ1) is 10.8. The molecule has 2 fully saturated rings. The van der Waals surface area contributed by atoms with E-state index in [0.29, 0.717) is 11.8 Å². The van der Waals surface area contributed by atoms with Gasteiger partial charge in [-0.05, 0) is 56.5 Å². The second kappa shape index (κ2) is 5.97. The normalized spacial score (nSPS) is 24.3. The number of benzene rings is 1. The molecule has 4 nitrogen and oxygen atoms in total. The summed E-state index contributed by atoms with van der Waals surface area (Å²) in [6, 6.07) is 4.75. The molecule has 2 saturated heterocycles. The molecule has 22 heavy (non-hydrogen) atoms. The smallest absolute Gasteiger partial charge is 0.125 e. The van der Waals surface area contributed by atoms with Crippen molar-refractivity contribution in [1.29, 1.82) is 0 Å². The van der Waals surface area contributed by atoms with Crippen LogP contribution in [0.25, 0.3) is 11.0 Å². The van der Waals surface area contributed by atoms with Crippen molar-refractivity contribution in [1.82, 2.24) is 14.9 Å². The number of nitrogens with one attached hydrogen (secondary N) is 1. The lowest BCUT2D eigenvalue weighted by Gasteiger charge is -2.32. The molecule has 0 bridgehead atoms. The molecule has 2 aliphatic rings. The van der Waals surface area contributed by atoms with Crippen molar-refractivity contribution in [3.63, 3.8) is 0 Å². The Bertz CT molecular complexity index is 642. The van der Waals surface area contributed by atoms with Crippen LogP contribution in [0.1, 0.15) is 31.0 Å². The maximum absolute atomic E-state index is 13.3. The van der Waals surface area contributed by atoms with E-state index < -0.39 is 0 Å². The minimum atomic E-state index is -0.212. The number of halogens is 1. The van der Waals surface area contributed by atoms with Crippen molar-refractivity contribution in [2.24, 2.45) is 5.92 Å². The van der Waals surface area contributed by atoms with Crippen LogP contribution in [0.4, 0.5) is 4.39 Å². The number of rotatable bonds is 3. The van der Waals surface area contributed by atoms with E-state index in [1.54, 1.807) is 6.07 Å². The van der Waals surface area contributed by atoms with Gasteiger partial charge in [-0.1, -0.05) is 0 Å². The predicted molar refractivity (Wildman–Crippen MR) is 83.4 cm³/mol. The van der Waals surface area contributed by atoms with Gasteiger partial charge in [0.05, 0.1) is 17.6 Å². The van der Waals surface area contributed by atoms with Crippen molar-refractivity contribution in [2.45, 2.75) is 25.2 Å². The fraction of sp³-hybridized carbons (Fsp3) is 0.588. The fourth-order valence-corrected chi connectivity index (χ4v) is 3.68. The molecule has 1 N–H and O–H groups in total. The van der Waals surface area contributed by atoms with E-state index >= 15 is 0 Å². The fourth-order valence-electron chi connectivity index (χ4n) is 3.68. The van der Waals surface area contributed by atoms with Crippen LogP contribution in [0, 0.1) is 11.7 Å². The maximum Gasteiger partial charge on any atom is 0.125 e. The van der Waals surface area contributed by atoms with Gasteiger partial charge in [0.2, 0.25) is 0 Å². The first-order valence-electron chi connectivity index (χ1n) is 8.23. The van der Waals surface area contributed by atoms with Crippen molar-refractivity contribution in [3.8, 4) is 0 Å². The van der Waals surface area contributed by atoms with E-state index in [0.717, 1.165) is 62.5 Å². The van der Waals surface area contributed by atoms with Crippen LogP contribution in [-0.2, 0) is 4.74 Å². The third-order valence-electron chi connectivity index (χ3n) is 4.98. The van der Waals surface area contributed by atoms with Crippen molar-refractivity contribution in [2.75, 3.05) is 32.8 Å². The highest BCUT2D eigenvalue weighted by molar-refractivity contribution is 5.75. The topological polar surface area (TPSA) is 41.2 Å². The Balaban J connectivity index is 1.39. The molecule has 2 aliphatic heterocycles. The highest BCUT2D eigenvalue weighted by Crippen LogP contribution is 2.28. The summed E-state index contributed by atoms with van der Waals surface area (Å²) in [5, 5.41) is 0. The Morgan fingerprint density at radius 2 is 2.14 bits per heavy atom. The third-order valence-corrected chi connectivity index (χ3v) is 4.98. The number of fused-ring (bicyclic) bond motifs is 1. The van der Waals surface area contributed by atoms with E-state index in [2.05, 4.69) is 14.9 Å². The minimum Gasteiger partial charge on any atom is -0.381 e. The van der Waals surface area contributed by atoms with Crippen molar-refractivity contribution < 1.29 is 9.13 Å². The van der Waals surface area contributed by atoms with Gasteiger partial charge in [-0.25, -0.2) is 9.37 Å². The van der Waals surface area contributed by atoms with Gasteiger partial charge in [-0.3, -0.25) is 0 Å². The Hall–Kier alpha value is -1.46. The summed E-state index contributed by atoms with van der Waals surface area (Å²) in [4.78, 5) is 10.5. The molecule has 0 unspecified atom stereocenters. The van der Waals surface area contributed by atoms with E-state index in [9.17, 15) is 4.39 Å². The summed E-state index contributed by atoms with van der Waals surface area (Å²) in [6.45, 7) is 5.25. The molecule has 0 radical (unpaired) electrons. The molecule has 0 spiro atoms. The van der Waals surface area contributed by atoms with Crippen LogP contribution < -0.4 is 0 Å². The summed E-state index contributed by atoms with van der Waals surface area (Å²) in [5.74, 6) is 1.98. The van der Waals surface area contributed by atoms with E-state index in [4.69, 9.17) is 4.74 Å². The lowest BCUT2D eigenvalue weighted by Crippen LogP contribution is -2.36. The lowest BCUT2D eigenvalue weighted by molar-refractivity contribution is 0.151. The number of hydrogen-bond donors (Lipinski definition) is 1. The quantitative estimate of drug-likeness (QED) is 0.948. The Kier molecular flexibility index (Phi) is 3.84. The number of piperidine rings is 1. The van der Waals surface area contributed by atoms with Gasteiger partial charge in [-0.15, -0.1) is 0 Å². The molecule has 2 aromatic rings. The van der Waals surface area contributed by atoms with Gasteiger partial charge >= 0.3 is 0 Å². The molecule has 0 saturated carbocycles. The van der Waals surface area contributed by atoms with E-state index in [1.165, 1.54) is 18.6 Å². The van der Waals surface area contributed by atoms with Crippen LogP contribution in [0.3, 0.4) is 0 Å². The number of aromatic amines is 1. The van der Waals surface area contributed by atoms with Crippen LogP contribution >= 0.6 is 0 Å². The Labute approximate surface area is 129 Å². The zero-order valence-electron chi connectivity index (χ0n) is 12.7. The van der Waals surface area contributed by atoms with Gasteiger partial charge in [-0.2, -0.15) is 0 Å². The highest BCUT2D eigenvalue weighted by atomic mass is 19.1. The molecule has 0 amide bonds. The molecular weight excluding hydrogens is 281 g/mol. The number of imidazole rings is 1. The third kappa shape index (κ3) is 2.88. The predicted octanol–water partition coefficient (Wildman–Crippen LogP) is 2.92. The van der Waals surface area contributed by atoms with Crippen LogP contribution in [0.15, 0.2) is 18.2 Å². The number of hydrogen-bond acceptors (Lipinski definition) is 3. The van der Waals surface area contributed by atoms with Crippen LogP contribution in [0.2, 0.25) is 0 Å².